The molecule has 2 rings (SSSR count). The fourth-order valence-electron chi connectivity index (χ4n) is 1.19. The van der Waals surface area contributed by atoms with E-state index in [4.69, 9.17) is 5.11 Å². The normalized spacial score (nSPS) is 10.0. The van der Waals surface area contributed by atoms with Crippen molar-refractivity contribution in [2.24, 2.45) is 0 Å². The first-order valence-electron chi connectivity index (χ1n) is 3.96. The van der Waals surface area contributed by atoms with E-state index in [1.807, 2.05) is 0 Å². The van der Waals surface area contributed by atoms with Gasteiger partial charge in [-0.2, -0.15) is 5.10 Å². The van der Waals surface area contributed by atoms with Gasteiger partial charge in [0.25, 0.3) is 0 Å². The van der Waals surface area contributed by atoms with Gasteiger partial charge in [0.1, 0.15) is 0 Å². The van der Waals surface area contributed by atoms with Crippen LogP contribution in [-0.2, 0) is 0 Å². The molecule has 5 nitrogen and oxygen atoms in total. The second-order valence-corrected chi connectivity index (χ2v) is 2.71. The van der Waals surface area contributed by atoms with E-state index in [0.29, 0.717) is 5.56 Å². The van der Waals surface area contributed by atoms with Gasteiger partial charge < -0.3 is 5.11 Å². The molecule has 0 saturated carbocycles. The Labute approximate surface area is 79.4 Å². The molecule has 0 aromatic carbocycles. The minimum atomic E-state index is -1.03. The third-order valence-corrected chi connectivity index (χ3v) is 1.83. The second kappa shape index (κ2) is 3.29. The summed E-state index contributed by atoms with van der Waals surface area (Å²) in [4.78, 5) is 14.7. The summed E-state index contributed by atoms with van der Waals surface area (Å²) in [7, 11) is 0. The molecule has 2 aromatic heterocycles. The van der Waals surface area contributed by atoms with Crippen LogP contribution in [0.25, 0.3) is 11.1 Å². The maximum absolute atomic E-state index is 10.8. The number of aromatic amines is 1. The van der Waals surface area contributed by atoms with Crippen molar-refractivity contribution in [1.82, 2.24) is 15.2 Å². The fourth-order valence-corrected chi connectivity index (χ4v) is 1.19. The van der Waals surface area contributed by atoms with E-state index in [9.17, 15) is 4.79 Å². The third kappa shape index (κ3) is 1.35. The zero-order valence-electron chi connectivity index (χ0n) is 7.14. The number of H-pyrrole nitrogens is 1. The standard InChI is InChI=1S/C9H7N3O2/c13-9(14)8-7(5-11-12-8)6-2-1-3-10-4-6/h1-5H,(H,11,12)(H,13,14). The lowest BCUT2D eigenvalue weighted by Crippen LogP contribution is -1.98. The van der Waals surface area contributed by atoms with Gasteiger partial charge in [0, 0.05) is 23.5 Å². The van der Waals surface area contributed by atoms with Gasteiger partial charge in [-0.15, -0.1) is 0 Å². The molecule has 0 aliphatic rings. The van der Waals surface area contributed by atoms with E-state index < -0.39 is 5.97 Å². The van der Waals surface area contributed by atoms with E-state index in [1.165, 1.54) is 6.20 Å². The zero-order chi connectivity index (χ0) is 9.97. The Morgan fingerprint density at radius 3 is 2.93 bits per heavy atom. The van der Waals surface area contributed by atoms with Crippen molar-refractivity contribution in [2.45, 2.75) is 0 Å². The molecule has 0 atom stereocenters. The largest absolute Gasteiger partial charge is 0.477 e. The van der Waals surface area contributed by atoms with Gasteiger partial charge in [-0.25, -0.2) is 4.79 Å². The van der Waals surface area contributed by atoms with Gasteiger partial charge in [-0.1, -0.05) is 6.07 Å². The lowest BCUT2D eigenvalue weighted by Gasteiger charge is -1.97. The number of aromatic carboxylic acids is 1. The smallest absolute Gasteiger partial charge is 0.354 e. The maximum atomic E-state index is 10.8. The lowest BCUT2D eigenvalue weighted by atomic mass is 10.1. The van der Waals surface area contributed by atoms with Crippen LogP contribution >= 0.6 is 0 Å². The van der Waals surface area contributed by atoms with E-state index in [0.717, 1.165) is 5.56 Å². The summed E-state index contributed by atoms with van der Waals surface area (Å²) >= 11 is 0. The molecule has 0 radical (unpaired) electrons. The Kier molecular flexibility index (Phi) is 1.98. The Bertz CT molecular complexity index is 450. The predicted octanol–water partition coefficient (Wildman–Crippen LogP) is 1.17. The summed E-state index contributed by atoms with van der Waals surface area (Å²) in [6.45, 7) is 0. The van der Waals surface area contributed by atoms with Crippen molar-refractivity contribution in [3.8, 4) is 11.1 Å². The summed E-state index contributed by atoms with van der Waals surface area (Å²) in [5, 5.41) is 14.9. The number of rotatable bonds is 2. The number of hydrogen-bond donors (Lipinski definition) is 2. The van der Waals surface area contributed by atoms with E-state index in [2.05, 4.69) is 15.2 Å². The summed E-state index contributed by atoms with van der Waals surface area (Å²) in [5.41, 5.74) is 1.36. The molecular weight excluding hydrogens is 182 g/mol. The highest BCUT2D eigenvalue weighted by atomic mass is 16.4. The molecule has 0 unspecified atom stereocenters. The van der Waals surface area contributed by atoms with Crippen LogP contribution in [0.15, 0.2) is 30.7 Å². The van der Waals surface area contributed by atoms with Gasteiger partial charge in [-0.3, -0.25) is 10.1 Å². The number of carboxylic acid groups (broad SMARTS) is 1. The molecule has 2 N–H and O–H groups in total. The van der Waals surface area contributed by atoms with Crippen LogP contribution in [-0.4, -0.2) is 26.3 Å². The quantitative estimate of drug-likeness (QED) is 0.743. The number of hydrogen-bond acceptors (Lipinski definition) is 3. The molecule has 70 valence electrons. The van der Waals surface area contributed by atoms with Crippen molar-refractivity contribution in [3.05, 3.63) is 36.4 Å². The molecule has 0 aliphatic heterocycles. The lowest BCUT2D eigenvalue weighted by molar-refractivity contribution is 0.0691. The molecule has 0 amide bonds. The maximum Gasteiger partial charge on any atom is 0.354 e. The number of carboxylic acids is 1. The first-order chi connectivity index (χ1) is 6.79. The molecule has 0 fully saturated rings. The molecule has 14 heavy (non-hydrogen) atoms. The first-order valence-corrected chi connectivity index (χ1v) is 3.96. The summed E-state index contributed by atoms with van der Waals surface area (Å²) < 4.78 is 0. The summed E-state index contributed by atoms with van der Waals surface area (Å²) in [6, 6.07) is 3.53. The van der Waals surface area contributed by atoms with Gasteiger partial charge in [0.05, 0.1) is 6.20 Å². The van der Waals surface area contributed by atoms with Crippen molar-refractivity contribution >= 4 is 5.97 Å². The Balaban J connectivity index is 2.52. The van der Waals surface area contributed by atoms with Crippen LogP contribution < -0.4 is 0 Å². The van der Waals surface area contributed by atoms with Crippen molar-refractivity contribution in [3.63, 3.8) is 0 Å². The zero-order valence-corrected chi connectivity index (χ0v) is 7.14. The van der Waals surface area contributed by atoms with Crippen molar-refractivity contribution in [2.75, 3.05) is 0 Å². The topological polar surface area (TPSA) is 78.9 Å². The van der Waals surface area contributed by atoms with Gasteiger partial charge in [-0.05, 0) is 6.07 Å². The average molecular weight is 189 g/mol. The third-order valence-electron chi connectivity index (χ3n) is 1.83. The molecular formula is C9H7N3O2. The minimum absolute atomic E-state index is 0.0815. The monoisotopic (exact) mass is 189 g/mol. The second-order valence-electron chi connectivity index (χ2n) is 2.71. The highest BCUT2D eigenvalue weighted by Crippen LogP contribution is 2.20. The molecule has 2 heterocycles. The Morgan fingerprint density at radius 2 is 2.29 bits per heavy atom. The molecule has 0 bridgehead atoms. The van der Waals surface area contributed by atoms with Gasteiger partial charge >= 0.3 is 5.97 Å². The van der Waals surface area contributed by atoms with Crippen LogP contribution in [0.4, 0.5) is 0 Å². The van der Waals surface area contributed by atoms with Crippen LogP contribution in [0.2, 0.25) is 0 Å². The van der Waals surface area contributed by atoms with E-state index in [-0.39, 0.29) is 5.69 Å². The molecule has 2 aromatic rings. The minimum Gasteiger partial charge on any atom is -0.477 e. The van der Waals surface area contributed by atoms with Gasteiger partial charge in [0.15, 0.2) is 5.69 Å². The number of pyridine rings is 1. The fraction of sp³-hybridized carbons (Fsp3) is 0. The average Bonchev–Trinajstić information content (AvgIpc) is 2.67. The molecule has 0 aliphatic carbocycles. The number of aromatic nitrogens is 3. The van der Waals surface area contributed by atoms with Gasteiger partial charge in [0.2, 0.25) is 0 Å². The first kappa shape index (κ1) is 8.43. The van der Waals surface area contributed by atoms with Crippen LogP contribution in [0.3, 0.4) is 0 Å². The highest BCUT2D eigenvalue weighted by Gasteiger charge is 2.13. The van der Waals surface area contributed by atoms with E-state index in [1.54, 1.807) is 24.5 Å². The Morgan fingerprint density at radius 1 is 1.43 bits per heavy atom. The molecule has 0 spiro atoms. The Hall–Kier alpha value is -2.17. The van der Waals surface area contributed by atoms with Crippen molar-refractivity contribution in [1.29, 1.82) is 0 Å². The van der Waals surface area contributed by atoms with Crippen LogP contribution in [0.1, 0.15) is 10.5 Å². The molecule has 0 saturated heterocycles. The summed E-state index contributed by atoms with van der Waals surface area (Å²) in [6.07, 6.45) is 4.70. The molecule has 5 heteroatoms. The highest BCUT2D eigenvalue weighted by molar-refractivity contribution is 5.93. The summed E-state index contributed by atoms with van der Waals surface area (Å²) in [5.74, 6) is -1.03. The van der Waals surface area contributed by atoms with Crippen LogP contribution in [0, 0.1) is 0 Å². The predicted molar refractivity (Wildman–Crippen MR) is 48.8 cm³/mol. The van der Waals surface area contributed by atoms with E-state index >= 15 is 0 Å². The van der Waals surface area contributed by atoms with Crippen LogP contribution in [0.5, 0.6) is 0 Å². The SMILES string of the molecule is O=C(O)c1[nH]ncc1-c1cccnc1. The number of nitrogens with one attached hydrogen (secondary N) is 1. The number of carbonyl (C=O) groups is 1. The number of nitrogens with zero attached hydrogens (tertiary/aromatic N) is 2. The van der Waals surface area contributed by atoms with Crippen molar-refractivity contribution < 1.29 is 9.90 Å².